The Morgan fingerprint density at radius 1 is 1.14 bits per heavy atom. The van der Waals surface area contributed by atoms with Crippen molar-refractivity contribution in [3.63, 3.8) is 0 Å². The molecule has 0 aromatic heterocycles. The minimum absolute atomic E-state index is 0.0640. The van der Waals surface area contributed by atoms with Gasteiger partial charge in [-0.25, -0.2) is 0 Å². The maximum absolute atomic E-state index is 12.1. The van der Waals surface area contributed by atoms with Crippen LogP contribution in [0.1, 0.15) is 15.9 Å². The van der Waals surface area contributed by atoms with Gasteiger partial charge in [-0.05, 0) is 48.6 Å². The first kappa shape index (κ1) is 13.5. The van der Waals surface area contributed by atoms with E-state index in [9.17, 15) is 9.90 Å². The van der Waals surface area contributed by atoms with Gasteiger partial charge in [0.05, 0.1) is 0 Å². The van der Waals surface area contributed by atoms with Crippen molar-refractivity contribution in [2.45, 2.75) is 0 Å². The highest BCUT2D eigenvalue weighted by atomic mass is 35.5. The molecule has 0 amide bonds. The Morgan fingerprint density at radius 2 is 1.95 bits per heavy atom. The van der Waals surface area contributed by atoms with Crippen molar-refractivity contribution >= 4 is 23.5 Å². The number of benzene rings is 2. The zero-order valence-electron chi connectivity index (χ0n) is 10.9. The van der Waals surface area contributed by atoms with Gasteiger partial charge in [0.2, 0.25) is 6.79 Å². The van der Waals surface area contributed by atoms with E-state index in [0.717, 1.165) is 0 Å². The number of phenols is 1. The topological polar surface area (TPSA) is 55.8 Å². The van der Waals surface area contributed by atoms with Crippen molar-refractivity contribution in [1.82, 2.24) is 0 Å². The van der Waals surface area contributed by atoms with Gasteiger partial charge < -0.3 is 14.6 Å². The summed E-state index contributed by atoms with van der Waals surface area (Å²) in [4.78, 5) is 12.1. The first-order valence-corrected chi connectivity index (χ1v) is 6.62. The molecule has 21 heavy (non-hydrogen) atoms. The lowest BCUT2D eigenvalue weighted by molar-refractivity contribution is 0.104. The van der Waals surface area contributed by atoms with Gasteiger partial charge in [-0.2, -0.15) is 0 Å². The summed E-state index contributed by atoms with van der Waals surface area (Å²) in [6, 6.07) is 9.63. The number of ketones is 1. The lowest BCUT2D eigenvalue weighted by Gasteiger charge is -2.01. The molecule has 0 bridgehead atoms. The largest absolute Gasteiger partial charge is 0.507 e. The van der Waals surface area contributed by atoms with Crippen molar-refractivity contribution in [3.05, 3.63) is 58.6 Å². The molecule has 0 aliphatic carbocycles. The monoisotopic (exact) mass is 302 g/mol. The van der Waals surface area contributed by atoms with Gasteiger partial charge in [0, 0.05) is 16.1 Å². The van der Waals surface area contributed by atoms with E-state index in [4.69, 9.17) is 21.1 Å². The molecule has 0 atom stereocenters. The summed E-state index contributed by atoms with van der Waals surface area (Å²) in [6.07, 6.45) is 2.90. The second-order valence-corrected chi connectivity index (χ2v) is 4.91. The molecule has 0 radical (unpaired) electrons. The second-order valence-electron chi connectivity index (χ2n) is 4.47. The smallest absolute Gasteiger partial charge is 0.231 e. The van der Waals surface area contributed by atoms with Crippen LogP contribution in [0.2, 0.25) is 5.02 Å². The number of hydrogen-bond donors (Lipinski definition) is 1. The highest BCUT2D eigenvalue weighted by Crippen LogP contribution is 2.32. The fourth-order valence-electron chi connectivity index (χ4n) is 1.97. The minimum atomic E-state index is -0.201. The third kappa shape index (κ3) is 2.85. The predicted octanol–water partition coefficient (Wildman–Crippen LogP) is 3.67. The standard InChI is InChI=1S/C16H11ClO4/c17-12-3-5-14(19)10(7-12)1-4-13(18)11-2-6-15-16(8-11)21-9-20-15/h1-8,19H,9H2/b4-1+. The molecule has 1 aliphatic heterocycles. The van der Waals surface area contributed by atoms with Crippen LogP contribution in [0.15, 0.2) is 42.5 Å². The molecule has 1 N–H and O–H groups in total. The molecule has 5 heteroatoms. The Hall–Kier alpha value is -2.46. The Labute approximate surface area is 126 Å². The van der Waals surface area contributed by atoms with Crippen LogP contribution in [0.3, 0.4) is 0 Å². The van der Waals surface area contributed by atoms with Gasteiger partial charge in [0.15, 0.2) is 17.3 Å². The lowest BCUT2D eigenvalue weighted by Crippen LogP contribution is -1.94. The number of fused-ring (bicyclic) bond motifs is 1. The first-order valence-electron chi connectivity index (χ1n) is 6.24. The van der Waals surface area contributed by atoms with Crippen LogP contribution >= 0.6 is 11.6 Å². The molecular weight excluding hydrogens is 292 g/mol. The number of phenolic OH excluding ortho intramolecular Hbond substituents is 1. The van der Waals surface area contributed by atoms with E-state index in [1.54, 1.807) is 30.3 Å². The van der Waals surface area contributed by atoms with E-state index in [2.05, 4.69) is 0 Å². The average molecular weight is 303 g/mol. The molecule has 0 saturated heterocycles. The third-order valence-corrected chi connectivity index (χ3v) is 3.30. The van der Waals surface area contributed by atoms with E-state index in [1.165, 1.54) is 18.2 Å². The quantitative estimate of drug-likeness (QED) is 0.694. The SMILES string of the molecule is O=C(/C=C/c1cc(Cl)ccc1O)c1ccc2c(c1)OCO2. The fraction of sp³-hybridized carbons (Fsp3) is 0.0625. The molecule has 4 nitrogen and oxygen atoms in total. The summed E-state index contributed by atoms with van der Waals surface area (Å²) in [5, 5.41) is 10.2. The Bertz CT molecular complexity index is 737. The number of aromatic hydroxyl groups is 1. The number of halogens is 1. The van der Waals surface area contributed by atoms with Crippen LogP contribution in [0.4, 0.5) is 0 Å². The summed E-state index contributed by atoms with van der Waals surface area (Å²) in [7, 11) is 0. The van der Waals surface area contributed by atoms with Gasteiger partial charge in [0.1, 0.15) is 5.75 Å². The highest BCUT2D eigenvalue weighted by molar-refractivity contribution is 6.30. The Balaban J connectivity index is 1.83. The minimum Gasteiger partial charge on any atom is -0.507 e. The van der Waals surface area contributed by atoms with Crippen molar-refractivity contribution in [1.29, 1.82) is 0 Å². The summed E-state index contributed by atoms with van der Waals surface area (Å²) < 4.78 is 10.4. The van der Waals surface area contributed by atoms with Crippen molar-refractivity contribution in [2.24, 2.45) is 0 Å². The molecule has 1 heterocycles. The number of hydrogen-bond acceptors (Lipinski definition) is 4. The second kappa shape index (κ2) is 5.50. The molecule has 2 aromatic rings. The van der Waals surface area contributed by atoms with Crippen LogP contribution in [0, 0.1) is 0 Å². The summed E-state index contributed by atoms with van der Waals surface area (Å²) in [5.41, 5.74) is 0.966. The average Bonchev–Trinajstić information content (AvgIpc) is 2.95. The molecule has 106 valence electrons. The van der Waals surface area contributed by atoms with Crippen LogP contribution in [0.25, 0.3) is 6.08 Å². The van der Waals surface area contributed by atoms with Crippen LogP contribution in [-0.4, -0.2) is 17.7 Å². The summed E-state index contributed by atoms with van der Waals surface area (Å²) in [5.74, 6) is 1.05. The van der Waals surface area contributed by atoms with Crippen molar-refractivity contribution in [3.8, 4) is 17.2 Å². The van der Waals surface area contributed by atoms with Crippen LogP contribution < -0.4 is 9.47 Å². The van der Waals surface area contributed by atoms with E-state index in [0.29, 0.717) is 27.6 Å². The van der Waals surface area contributed by atoms with Gasteiger partial charge in [-0.1, -0.05) is 11.6 Å². The number of allylic oxidation sites excluding steroid dienone is 1. The summed E-state index contributed by atoms with van der Waals surface area (Å²) >= 11 is 5.85. The molecule has 0 spiro atoms. The van der Waals surface area contributed by atoms with Crippen LogP contribution in [-0.2, 0) is 0 Å². The van der Waals surface area contributed by atoms with E-state index < -0.39 is 0 Å². The molecule has 0 unspecified atom stereocenters. The zero-order chi connectivity index (χ0) is 14.8. The lowest BCUT2D eigenvalue weighted by atomic mass is 10.1. The van der Waals surface area contributed by atoms with Gasteiger partial charge in [-0.3, -0.25) is 4.79 Å². The molecule has 0 fully saturated rings. The van der Waals surface area contributed by atoms with Crippen molar-refractivity contribution < 1.29 is 19.4 Å². The number of rotatable bonds is 3. The third-order valence-electron chi connectivity index (χ3n) is 3.06. The Kier molecular flexibility index (Phi) is 3.54. The van der Waals surface area contributed by atoms with E-state index in [-0.39, 0.29) is 18.3 Å². The van der Waals surface area contributed by atoms with Gasteiger partial charge in [0.25, 0.3) is 0 Å². The van der Waals surface area contributed by atoms with E-state index in [1.807, 2.05) is 0 Å². The molecule has 0 saturated carbocycles. The number of carbonyl (C=O) groups is 1. The van der Waals surface area contributed by atoms with Crippen molar-refractivity contribution in [2.75, 3.05) is 6.79 Å². The highest BCUT2D eigenvalue weighted by Gasteiger charge is 2.15. The summed E-state index contributed by atoms with van der Waals surface area (Å²) in [6.45, 7) is 0.166. The molecular formula is C16H11ClO4. The van der Waals surface area contributed by atoms with E-state index >= 15 is 0 Å². The predicted molar refractivity (Wildman–Crippen MR) is 79.0 cm³/mol. The van der Waals surface area contributed by atoms with Gasteiger partial charge in [-0.15, -0.1) is 0 Å². The zero-order valence-corrected chi connectivity index (χ0v) is 11.6. The molecule has 1 aliphatic rings. The van der Waals surface area contributed by atoms with Gasteiger partial charge >= 0.3 is 0 Å². The Morgan fingerprint density at radius 3 is 2.81 bits per heavy atom. The first-order chi connectivity index (χ1) is 10.1. The maximum atomic E-state index is 12.1. The normalized spacial score (nSPS) is 12.8. The van der Waals surface area contributed by atoms with Crippen LogP contribution in [0.5, 0.6) is 17.2 Å². The fourth-order valence-corrected chi connectivity index (χ4v) is 2.15. The molecule has 2 aromatic carbocycles. The number of carbonyl (C=O) groups excluding carboxylic acids is 1. The number of ether oxygens (including phenoxy) is 2. The maximum Gasteiger partial charge on any atom is 0.231 e. The molecule has 3 rings (SSSR count).